The van der Waals surface area contributed by atoms with E-state index in [1.165, 1.54) is 334 Å². The molecule has 8 fully saturated rings. The van der Waals surface area contributed by atoms with Crippen LogP contribution < -0.4 is 0 Å². The van der Waals surface area contributed by atoms with Crippen molar-refractivity contribution in [3.8, 4) is 0 Å². The second-order valence-electron chi connectivity index (χ2n) is 23.1. The Morgan fingerprint density at radius 1 is 0.191 bits per heavy atom. The molecule has 8 aliphatic carbocycles. The van der Waals surface area contributed by atoms with Crippen LogP contribution in [0.4, 0.5) is 0 Å². The van der Waals surface area contributed by atoms with Gasteiger partial charge in [0.25, 0.3) is 0 Å². The van der Waals surface area contributed by atoms with Crippen molar-refractivity contribution in [1.82, 2.24) is 0 Å². The van der Waals surface area contributed by atoms with Gasteiger partial charge in [0.15, 0.2) is 0 Å². The van der Waals surface area contributed by atoms with Crippen molar-refractivity contribution in [1.29, 1.82) is 0 Å². The number of halogens is 24. The van der Waals surface area contributed by atoms with Crippen molar-refractivity contribution in [3.63, 3.8) is 0 Å². The van der Waals surface area contributed by atoms with Gasteiger partial charge in [-0.3, -0.25) is 0 Å². The maximum absolute atomic E-state index is 4.97. The van der Waals surface area contributed by atoms with Gasteiger partial charge in [0, 0.05) is 0 Å². The fourth-order valence-corrected chi connectivity index (χ4v) is 7.92. The monoisotopic (exact) mass is 2600 g/mol. The Kier molecular flexibility index (Phi) is 361. The molecule has 0 bridgehead atoms. The van der Waals surface area contributed by atoms with E-state index in [9.17, 15) is 0 Å². The molecular formula is C78H180Br6Cl18Ti8. The van der Waals surface area contributed by atoms with Crippen molar-refractivity contribution in [2.75, 3.05) is 0 Å². The van der Waals surface area contributed by atoms with Crippen LogP contribution >= 0.6 is 246 Å². The van der Waals surface area contributed by atoms with E-state index in [1.807, 2.05) is 27.7 Å². The fourth-order valence-electron chi connectivity index (χ4n) is 7.92. The first-order valence-electron chi connectivity index (χ1n) is 38.9. The Bertz CT molecular complexity index is 802. The standard InChI is InChI=1S/C6H14.8C5H10.2C5H12.C4H10.2C3H8.2C2H6.8CH3.6BrH.18ClH.8Ti/c1-3-5-6-4-2;8*1-2-4-5-3-1;1-4-5(2)3;1-3-5-4-2;1-3-4-2;2*1-3-2;2*1-2;;;;;;;;;;;;;;;;;;;;;;;;;;;;;;;;;;;;;;;;/h3-6H2,1-2H3;8*1-5H2;5H,4H2,1-3H3;3-5H2,1-2H3;3-4H2,1-2H3;2*3H2,1-2H3;2*1-2H3;8*1H3;24*1H;;;;;;;;/q;;;;;;;;;;;;;;;;8*-1;;;;;;;;;;;;;;;;;;;;;;;;;8*+4/p-24. The SMILES string of the molecule is C1CCCC1.C1CCCC1.C1CCCC1.C1CCCC1.C1CCCC1.C1CCCC1.C1CCCC1.C1CCCC1.CC.CC.CCC.CCC.CCC(C)C.CCCC.CCCCC.CCCCCC.[Br][Ti+]([Br])[Br].[Br][Ti+]([Br])[Br].[CH3-].[CH3-].[CH3-].[CH3-].[CH3-].[CH3-].[CH3-].[CH3-].[Cl][Ti+]([Cl])[Cl].[Cl][Ti+]([Cl])[Cl].[Cl][Ti+]([Cl])[Cl].[Cl][Ti+]([Cl])[Cl].[Cl][Ti+]([Cl])[Cl].[Cl][Ti+]([Cl])[Cl]. The summed E-state index contributed by atoms with van der Waals surface area (Å²) in [6, 6.07) is 0. The minimum absolute atomic E-state index is 0. The van der Waals surface area contributed by atoms with Gasteiger partial charge in [0.2, 0.25) is 0 Å². The van der Waals surface area contributed by atoms with Crippen molar-refractivity contribution >= 4 is 246 Å². The van der Waals surface area contributed by atoms with Crippen LogP contribution in [0.5, 0.6) is 0 Å². The molecule has 110 heavy (non-hydrogen) atoms. The van der Waals surface area contributed by atoms with Crippen LogP contribution in [0.3, 0.4) is 0 Å². The Labute approximate surface area is 859 Å². The van der Waals surface area contributed by atoms with E-state index < -0.39 is 111 Å². The zero-order valence-electron chi connectivity index (χ0n) is 75.4. The molecule has 0 N–H and O–H groups in total. The molecule has 0 amide bonds. The Morgan fingerprint density at radius 3 is 0.264 bits per heavy atom. The van der Waals surface area contributed by atoms with Gasteiger partial charge in [-0.15, -0.1) is 0 Å². The van der Waals surface area contributed by atoms with E-state index in [-0.39, 0.29) is 59.4 Å². The van der Waals surface area contributed by atoms with Crippen LogP contribution in [0, 0.1) is 65.3 Å². The van der Waals surface area contributed by atoms with Gasteiger partial charge < -0.3 is 59.4 Å². The summed E-state index contributed by atoms with van der Waals surface area (Å²) in [6.45, 7) is 36.4. The summed E-state index contributed by atoms with van der Waals surface area (Å²) < 4.78 is 0. The van der Waals surface area contributed by atoms with Crippen molar-refractivity contribution in [2.24, 2.45) is 5.92 Å². The quantitative estimate of drug-likeness (QED) is 0.135. The third kappa shape index (κ3) is 465. The first kappa shape index (κ1) is 187. The molecule has 0 saturated heterocycles. The molecule has 32 heteroatoms. The normalized spacial score (nSPS) is 12.7. The third-order valence-electron chi connectivity index (χ3n) is 13.0. The van der Waals surface area contributed by atoms with Crippen molar-refractivity contribution in [2.45, 2.75) is 452 Å². The first-order chi connectivity index (χ1) is 48.2. The van der Waals surface area contributed by atoms with E-state index in [0.29, 0.717) is 0 Å². The third-order valence-corrected chi connectivity index (χ3v) is 13.0. The van der Waals surface area contributed by atoms with E-state index in [1.54, 1.807) is 0 Å². The van der Waals surface area contributed by atoms with Crippen LogP contribution in [0.25, 0.3) is 0 Å². The second kappa shape index (κ2) is 212. The molecule has 0 unspecified atom stereocenters. The van der Waals surface area contributed by atoms with Crippen LogP contribution in [0.2, 0.25) is 0 Å². The molecule has 0 atom stereocenters. The Hall–Kier alpha value is 13.8. The summed E-state index contributed by atoms with van der Waals surface area (Å²) in [6.07, 6.45) is 76.1. The predicted octanol–water partition coefficient (Wildman–Crippen LogP) is 50.2. The number of rotatable bonds is 7. The van der Waals surface area contributed by atoms with Gasteiger partial charge in [-0.25, -0.2) is 0 Å². The van der Waals surface area contributed by atoms with Crippen molar-refractivity contribution in [3.05, 3.63) is 59.4 Å². The molecular weight excluding hydrogens is 2440 g/mol. The summed E-state index contributed by atoms with van der Waals surface area (Å²) in [7, 11) is 89.5. The molecule has 0 nitrogen and oxygen atoms in total. The second-order valence-corrected chi connectivity index (χ2v) is 117. The fraction of sp³-hybridized carbons (Fsp3) is 0.897. The van der Waals surface area contributed by atoms with Crippen molar-refractivity contribution < 1.29 is 111 Å². The molecule has 0 aliphatic heterocycles. The van der Waals surface area contributed by atoms with E-state index in [2.05, 4.69) is 169 Å². The maximum atomic E-state index is 4.97. The molecule has 0 spiro atoms. The van der Waals surface area contributed by atoms with Crippen LogP contribution in [-0.4, -0.2) is 0 Å². The van der Waals surface area contributed by atoms with Gasteiger partial charge in [-0.1, -0.05) is 452 Å². The Morgan fingerprint density at radius 2 is 0.245 bits per heavy atom. The summed E-state index contributed by atoms with van der Waals surface area (Å²) in [4.78, 5) is 0. The molecule has 8 aliphatic rings. The minimum atomic E-state index is -1.92. The van der Waals surface area contributed by atoms with Crippen LogP contribution in [-0.2, 0) is 111 Å². The average molecular weight is 2620 g/mol. The van der Waals surface area contributed by atoms with Gasteiger partial charge in [0.1, 0.15) is 0 Å². The van der Waals surface area contributed by atoms with Gasteiger partial charge in [-0.2, -0.15) is 0 Å². The number of unbranched alkanes of at least 4 members (excludes halogenated alkanes) is 6. The van der Waals surface area contributed by atoms with Gasteiger partial charge in [0.05, 0.1) is 0 Å². The van der Waals surface area contributed by atoms with Crippen LogP contribution in [0.1, 0.15) is 452 Å². The molecule has 0 aromatic heterocycles. The molecule has 0 heterocycles. The molecule has 0 radical (unpaired) electrons. The zero-order valence-corrected chi connectivity index (χ0v) is 111. The number of hydrogen-bond acceptors (Lipinski definition) is 0. The summed E-state index contributed by atoms with van der Waals surface area (Å²) >= 11 is 6.33. The summed E-state index contributed by atoms with van der Waals surface area (Å²) in [5, 5.41) is 0. The molecule has 8 rings (SSSR count). The molecule has 0 aromatic rings. The van der Waals surface area contributed by atoms with Gasteiger partial charge >= 0.3 is 358 Å². The summed E-state index contributed by atoms with van der Waals surface area (Å²) in [5.41, 5.74) is 0. The van der Waals surface area contributed by atoms with E-state index in [0.717, 1.165) is 5.92 Å². The summed E-state index contributed by atoms with van der Waals surface area (Å²) in [5.74, 6) is 0.884. The topological polar surface area (TPSA) is 0 Å². The average Bonchev–Trinajstić information content (AvgIpc) is 2.17. The first-order valence-corrected chi connectivity index (χ1v) is 101. The molecule has 692 valence electrons. The zero-order chi connectivity index (χ0) is 83.0. The molecule has 8 saturated carbocycles. The van der Waals surface area contributed by atoms with E-state index in [4.69, 9.17) is 167 Å². The van der Waals surface area contributed by atoms with E-state index >= 15 is 0 Å². The number of hydrogen-bond donors (Lipinski definition) is 0. The molecule has 0 aromatic carbocycles. The predicted molar refractivity (Wildman–Crippen MR) is 550 cm³/mol. The Balaban J connectivity index is -0.0000000319. The van der Waals surface area contributed by atoms with Gasteiger partial charge in [-0.05, 0) is 5.92 Å². The van der Waals surface area contributed by atoms with Crippen LogP contribution in [0.15, 0.2) is 0 Å².